The first-order chi connectivity index (χ1) is 8.69. The number of thiophene rings is 1. The van der Waals surface area contributed by atoms with Gasteiger partial charge in [-0.2, -0.15) is 0 Å². The summed E-state index contributed by atoms with van der Waals surface area (Å²) in [5.41, 5.74) is 0. The van der Waals surface area contributed by atoms with Crippen LogP contribution in [0.15, 0.2) is 10.5 Å². The van der Waals surface area contributed by atoms with Crippen LogP contribution in [0.25, 0.3) is 0 Å². The van der Waals surface area contributed by atoms with E-state index in [4.69, 9.17) is 11.6 Å². The molecule has 1 fully saturated rings. The molecule has 0 atom stereocenters. The Hall–Kier alpha value is 0.390. The summed E-state index contributed by atoms with van der Waals surface area (Å²) in [6, 6.07) is 2.78. The van der Waals surface area contributed by atoms with Gasteiger partial charge in [-0.05, 0) is 60.9 Å². The largest absolute Gasteiger partial charge is 0.309 e. The lowest BCUT2D eigenvalue weighted by atomic mass is 10.0. The summed E-state index contributed by atoms with van der Waals surface area (Å²) >= 11 is 11.2. The molecule has 18 heavy (non-hydrogen) atoms. The number of piperidine rings is 1. The molecule has 1 aliphatic rings. The Kier molecular flexibility index (Phi) is 5.96. The van der Waals surface area contributed by atoms with Crippen LogP contribution in [0.4, 0.5) is 0 Å². The standard InChI is InChI=1S/C13H20BrClN2S/c1-2-5-17-6-3-10(4-7-17)16-9-11-8-12(14)13(15)18-11/h8,10,16H,2-7,9H2,1H3. The van der Waals surface area contributed by atoms with Gasteiger partial charge in [0.05, 0.1) is 0 Å². The molecule has 0 amide bonds. The maximum atomic E-state index is 6.04. The van der Waals surface area contributed by atoms with Crippen molar-refractivity contribution in [3.8, 4) is 0 Å². The zero-order valence-corrected chi connectivity index (χ0v) is 13.9. The van der Waals surface area contributed by atoms with Crippen LogP contribution < -0.4 is 5.32 Å². The molecular weight excluding hydrogens is 332 g/mol. The van der Waals surface area contributed by atoms with Crippen molar-refractivity contribution < 1.29 is 0 Å². The summed E-state index contributed by atoms with van der Waals surface area (Å²) < 4.78 is 1.87. The van der Waals surface area contributed by atoms with Crippen molar-refractivity contribution in [1.29, 1.82) is 0 Å². The summed E-state index contributed by atoms with van der Waals surface area (Å²) in [7, 11) is 0. The van der Waals surface area contributed by atoms with Gasteiger partial charge in [-0.3, -0.25) is 0 Å². The van der Waals surface area contributed by atoms with Crippen molar-refractivity contribution in [2.24, 2.45) is 0 Å². The van der Waals surface area contributed by atoms with Gasteiger partial charge >= 0.3 is 0 Å². The van der Waals surface area contributed by atoms with E-state index in [0.29, 0.717) is 6.04 Å². The summed E-state index contributed by atoms with van der Waals surface area (Å²) in [5.74, 6) is 0. The second-order valence-electron chi connectivity index (χ2n) is 4.83. The molecule has 2 heterocycles. The molecular formula is C13H20BrClN2S. The first kappa shape index (κ1) is 14.8. The fourth-order valence-corrected chi connectivity index (χ4v) is 4.14. The van der Waals surface area contributed by atoms with E-state index in [1.54, 1.807) is 11.3 Å². The molecule has 0 spiro atoms. The lowest BCUT2D eigenvalue weighted by molar-refractivity contribution is 0.197. The van der Waals surface area contributed by atoms with Crippen molar-refractivity contribution in [3.05, 3.63) is 19.8 Å². The van der Waals surface area contributed by atoms with E-state index in [0.717, 1.165) is 15.4 Å². The molecule has 102 valence electrons. The summed E-state index contributed by atoms with van der Waals surface area (Å²) in [6.45, 7) is 6.91. The van der Waals surface area contributed by atoms with Crippen molar-refractivity contribution in [1.82, 2.24) is 10.2 Å². The maximum absolute atomic E-state index is 6.04. The minimum Gasteiger partial charge on any atom is -0.309 e. The number of nitrogens with zero attached hydrogens (tertiary/aromatic N) is 1. The van der Waals surface area contributed by atoms with Gasteiger partial charge in [0.25, 0.3) is 0 Å². The molecule has 0 aromatic carbocycles. The lowest BCUT2D eigenvalue weighted by Crippen LogP contribution is -2.42. The Morgan fingerprint density at radius 2 is 2.22 bits per heavy atom. The first-order valence-electron chi connectivity index (χ1n) is 6.58. The summed E-state index contributed by atoms with van der Waals surface area (Å²) in [5, 5.41) is 3.65. The van der Waals surface area contributed by atoms with E-state index >= 15 is 0 Å². The van der Waals surface area contributed by atoms with Crippen LogP contribution in [-0.4, -0.2) is 30.6 Å². The van der Waals surface area contributed by atoms with Gasteiger partial charge in [0.2, 0.25) is 0 Å². The molecule has 1 saturated heterocycles. The van der Waals surface area contributed by atoms with E-state index in [9.17, 15) is 0 Å². The van der Waals surface area contributed by atoms with E-state index in [1.807, 2.05) is 0 Å². The average molecular weight is 352 g/mol. The number of halogens is 2. The Morgan fingerprint density at radius 1 is 1.50 bits per heavy atom. The fourth-order valence-electron chi connectivity index (χ4n) is 2.40. The zero-order chi connectivity index (χ0) is 13.0. The van der Waals surface area contributed by atoms with Crippen molar-refractivity contribution >= 4 is 38.9 Å². The number of rotatable bonds is 5. The topological polar surface area (TPSA) is 15.3 Å². The lowest BCUT2D eigenvalue weighted by Gasteiger charge is -2.32. The molecule has 0 unspecified atom stereocenters. The van der Waals surface area contributed by atoms with Crippen LogP contribution in [0, 0.1) is 0 Å². The Morgan fingerprint density at radius 3 is 2.78 bits per heavy atom. The smallest absolute Gasteiger partial charge is 0.107 e. The Labute approximate surface area is 127 Å². The van der Waals surface area contributed by atoms with Gasteiger partial charge < -0.3 is 10.2 Å². The van der Waals surface area contributed by atoms with Crippen LogP contribution in [0.3, 0.4) is 0 Å². The predicted molar refractivity (Wildman–Crippen MR) is 83.6 cm³/mol. The van der Waals surface area contributed by atoms with E-state index in [-0.39, 0.29) is 0 Å². The third-order valence-electron chi connectivity index (χ3n) is 3.39. The van der Waals surface area contributed by atoms with Gasteiger partial charge in [0.1, 0.15) is 4.34 Å². The molecule has 1 aromatic rings. The van der Waals surface area contributed by atoms with Crippen LogP contribution in [0.2, 0.25) is 4.34 Å². The molecule has 1 aliphatic heterocycles. The van der Waals surface area contributed by atoms with Gasteiger partial charge in [0.15, 0.2) is 0 Å². The molecule has 0 radical (unpaired) electrons. The number of hydrogen-bond acceptors (Lipinski definition) is 3. The van der Waals surface area contributed by atoms with E-state index in [1.165, 1.54) is 43.8 Å². The Balaban J connectivity index is 1.72. The highest BCUT2D eigenvalue weighted by atomic mass is 79.9. The van der Waals surface area contributed by atoms with Gasteiger partial charge in [0, 0.05) is 21.9 Å². The monoisotopic (exact) mass is 350 g/mol. The molecule has 1 aromatic heterocycles. The van der Waals surface area contributed by atoms with Crippen molar-refractivity contribution in [3.63, 3.8) is 0 Å². The fraction of sp³-hybridized carbons (Fsp3) is 0.692. The minimum absolute atomic E-state index is 0.665. The molecule has 0 bridgehead atoms. The van der Waals surface area contributed by atoms with Gasteiger partial charge in [-0.1, -0.05) is 18.5 Å². The maximum Gasteiger partial charge on any atom is 0.107 e. The average Bonchev–Trinajstić information content (AvgIpc) is 2.68. The van der Waals surface area contributed by atoms with Crippen LogP contribution in [-0.2, 0) is 6.54 Å². The van der Waals surface area contributed by atoms with Gasteiger partial charge in [-0.15, -0.1) is 11.3 Å². The van der Waals surface area contributed by atoms with Gasteiger partial charge in [-0.25, -0.2) is 0 Å². The molecule has 0 aliphatic carbocycles. The second kappa shape index (κ2) is 7.25. The highest BCUT2D eigenvalue weighted by Crippen LogP contribution is 2.31. The molecule has 2 nitrogen and oxygen atoms in total. The third-order valence-corrected chi connectivity index (χ3v) is 5.86. The molecule has 0 saturated carbocycles. The molecule has 5 heteroatoms. The van der Waals surface area contributed by atoms with Crippen molar-refractivity contribution in [2.75, 3.05) is 19.6 Å². The molecule has 2 rings (SSSR count). The van der Waals surface area contributed by atoms with Crippen LogP contribution >= 0.6 is 38.9 Å². The second-order valence-corrected chi connectivity index (χ2v) is 7.42. The number of nitrogens with one attached hydrogen (secondary N) is 1. The number of likely N-dealkylation sites (tertiary alicyclic amines) is 1. The van der Waals surface area contributed by atoms with E-state index in [2.05, 4.69) is 39.1 Å². The van der Waals surface area contributed by atoms with Crippen LogP contribution in [0.1, 0.15) is 31.1 Å². The van der Waals surface area contributed by atoms with Crippen molar-refractivity contribution in [2.45, 2.75) is 38.8 Å². The molecule has 1 N–H and O–H groups in total. The number of hydrogen-bond donors (Lipinski definition) is 1. The first-order valence-corrected chi connectivity index (χ1v) is 8.57. The highest BCUT2D eigenvalue weighted by Gasteiger charge is 2.18. The van der Waals surface area contributed by atoms with E-state index < -0.39 is 0 Å². The minimum atomic E-state index is 0.665. The van der Waals surface area contributed by atoms with Crippen LogP contribution in [0.5, 0.6) is 0 Å². The predicted octanol–water partition coefficient (Wildman–Crippen LogP) is 4.13. The quantitative estimate of drug-likeness (QED) is 0.858. The highest BCUT2D eigenvalue weighted by molar-refractivity contribution is 9.10. The third kappa shape index (κ3) is 4.20. The SMILES string of the molecule is CCCN1CCC(NCc2cc(Br)c(Cl)s2)CC1. The normalized spacial score (nSPS) is 18.4. The zero-order valence-electron chi connectivity index (χ0n) is 10.7. The summed E-state index contributed by atoms with van der Waals surface area (Å²) in [4.78, 5) is 3.87. The Bertz CT molecular complexity index is 356. The summed E-state index contributed by atoms with van der Waals surface area (Å²) in [6.07, 6.45) is 3.79.